The van der Waals surface area contributed by atoms with Gasteiger partial charge in [0.05, 0.1) is 12.0 Å². The number of carbonyl (C=O) groups is 1. The number of benzene rings is 1. The molecule has 0 heterocycles. The van der Waals surface area contributed by atoms with Gasteiger partial charge in [0, 0.05) is 24.3 Å². The molecule has 0 fully saturated rings. The summed E-state index contributed by atoms with van der Waals surface area (Å²) in [5, 5.41) is 8.82. The lowest BCUT2D eigenvalue weighted by Crippen LogP contribution is -2.27. The van der Waals surface area contributed by atoms with Crippen LogP contribution in [0.2, 0.25) is 0 Å². The summed E-state index contributed by atoms with van der Waals surface area (Å²) in [7, 11) is 0. The molecule has 1 aromatic rings. The molecule has 1 aromatic carbocycles. The van der Waals surface area contributed by atoms with Crippen molar-refractivity contribution >= 4 is 11.5 Å². The molecule has 0 bridgehead atoms. The predicted octanol–water partition coefficient (Wildman–Crippen LogP) is 2.88. The molecule has 0 saturated carbocycles. The maximum atomic E-state index is 11.2. The Hall–Kier alpha value is -1.82. The van der Waals surface area contributed by atoms with Crippen LogP contribution < -0.4 is 4.90 Å². The van der Waals surface area contributed by atoms with Crippen molar-refractivity contribution in [2.24, 2.45) is 5.92 Å². The first-order chi connectivity index (χ1) is 8.08. The molecule has 3 heteroatoms. The third kappa shape index (κ3) is 3.60. The second-order valence-corrected chi connectivity index (χ2v) is 4.17. The molecule has 0 radical (unpaired) electrons. The van der Waals surface area contributed by atoms with Crippen LogP contribution in [0.1, 0.15) is 31.1 Å². The van der Waals surface area contributed by atoms with Gasteiger partial charge in [-0.2, -0.15) is 5.26 Å². The minimum Gasteiger partial charge on any atom is -0.371 e. The molecule has 1 unspecified atom stereocenters. The summed E-state index contributed by atoms with van der Waals surface area (Å²) >= 11 is 0. The summed E-state index contributed by atoms with van der Waals surface area (Å²) in [6.07, 6.45) is 0. The lowest BCUT2D eigenvalue weighted by atomic mass is 10.1. The van der Waals surface area contributed by atoms with Crippen molar-refractivity contribution in [3.05, 3.63) is 29.8 Å². The highest BCUT2D eigenvalue weighted by Gasteiger charge is 2.09. The lowest BCUT2D eigenvalue weighted by Gasteiger charge is -2.24. The van der Waals surface area contributed by atoms with Gasteiger partial charge >= 0.3 is 0 Å². The third-order valence-corrected chi connectivity index (χ3v) is 2.74. The van der Waals surface area contributed by atoms with Gasteiger partial charge in [-0.25, -0.2) is 0 Å². The van der Waals surface area contributed by atoms with Crippen molar-refractivity contribution in [3.63, 3.8) is 0 Å². The normalized spacial score (nSPS) is 11.6. The first kappa shape index (κ1) is 13.2. The minimum atomic E-state index is 0.00225. The second-order valence-electron chi connectivity index (χ2n) is 4.17. The molecular weight excluding hydrogens is 212 g/mol. The molecule has 0 aromatic heterocycles. The Morgan fingerprint density at radius 2 is 2.00 bits per heavy atom. The largest absolute Gasteiger partial charge is 0.371 e. The number of carbonyl (C=O) groups excluding carboxylic acids is 1. The zero-order chi connectivity index (χ0) is 12.8. The van der Waals surface area contributed by atoms with Crippen LogP contribution in [0.25, 0.3) is 0 Å². The van der Waals surface area contributed by atoms with Crippen LogP contribution >= 0.6 is 0 Å². The van der Waals surface area contributed by atoms with E-state index in [1.807, 2.05) is 31.2 Å². The standard InChI is InChI=1S/C14H18N2O/c1-4-16(10-11(2)9-15)14-7-5-13(6-8-14)12(3)17/h5-8,11H,4,10H2,1-3H3. The maximum absolute atomic E-state index is 11.2. The Kier molecular flexibility index (Phi) is 4.71. The van der Waals surface area contributed by atoms with E-state index >= 15 is 0 Å². The van der Waals surface area contributed by atoms with Gasteiger partial charge in [0.15, 0.2) is 5.78 Å². The van der Waals surface area contributed by atoms with Crippen molar-refractivity contribution < 1.29 is 4.79 Å². The lowest BCUT2D eigenvalue weighted by molar-refractivity contribution is 0.101. The van der Waals surface area contributed by atoms with Gasteiger partial charge in [0.1, 0.15) is 0 Å². The van der Waals surface area contributed by atoms with Crippen LogP contribution in [0.4, 0.5) is 5.69 Å². The Morgan fingerprint density at radius 1 is 1.41 bits per heavy atom. The summed E-state index contributed by atoms with van der Waals surface area (Å²) in [5.74, 6) is 0.0763. The van der Waals surface area contributed by atoms with Crippen LogP contribution in [-0.4, -0.2) is 18.9 Å². The van der Waals surface area contributed by atoms with E-state index in [0.717, 1.165) is 17.8 Å². The molecule has 0 N–H and O–H groups in total. The molecule has 3 nitrogen and oxygen atoms in total. The average molecular weight is 230 g/mol. The van der Waals surface area contributed by atoms with E-state index in [1.165, 1.54) is 0 Å². The predicted molar refractivity (Wildman–Crippen MR) is 69.1 cm³/mol. The van der Waals surface area contributed by atoms with Gasteiger partial charge in [0.2, 0.25) is 0 Å². The Balaban J connectivity index is 2.83. The zero-order valence-corrected chi connectivity index (χ0v) is 10.6. The van der Waals surface area contributed by atoms with Crippen molar-refractivity contribution in [2.75, 3.05) is 18.0 Å². The van der Waals surface area contributed by atoms with Crippen LogP contribution in [-0.2, 0) is 0 Å². The van der Waals surface area contributed by atoms with E-state index in [4.69, 9.17) is 5.26 Å². The number of nitrogens with zero attached hydrogens (tertiary/aromatic N) is 2. The van der Waals surface area contributed by atoms with Gasteiger partial charge in [0.25, 0.3) is 0 Å². The number of rotatable bonds is 5. The molecule has 1 atom stereocenters. The van der Waals surface area contributed by atoms with E-state index in [2.05, 4.69) is 17.9 Å². The highest BCUT2D eigenvalue weighted by atomic mass is 16.1. The molecular formula is C14H18N2O. The molecule has 0 amide bonds. The fourth-order valence-corrected chi connectivity index (χ4v) is 1.70. The van der Waals surface area contributed by atoms with Crippen LogP contribution in [0.15, 0.2) is 24.3 Å². The Labute approximate surface area is 103 Å². The van der Waals surface area contributed by atoms with Crippen LogP contribution in [0.3, 0.4) is 0 Å². The highest BCUT2D eigenvalue weighted by Crippen LogP contribution is 2.16. The molecule has 0 aliphatic rings. The van der Waals surface area contributed by atoms with Gasteiger partial charge < -0.3 is 4.90 Å². The number of nitriles is 1. The quantitative estimate of drug-likeness (QED) is 0.730. The van der Waals surface area contributed by atoms with Crippen molar-refractivity contribution in [2.45, 2.75) is 20.8 Å². The van der Waals surface area contributed by atoms with Crippen LogP contribution in [0.5, 0.6) is 0 Å². The Morgan fingerprint density at radius 3 is 2.41 bits per heavy atom. The molecule has 0 aliphatic heterocycles. The highest BCUT2D eigenvalue weighted by molar-refractivity contribution is 5.94. The fraction of sp³-hybridized carbons (Fsp3) is 0.429. The van der Waals surface area contributed by atoms with Gasteiger partial charge in [-0.05, 0) is 45.0 Å². The Bertz CT molecular complexity index is 417. The van der Waals surface area contributed by atoms with Crippen molar-refractivity contribution in [3.8, 4) is 6.07 Å². The smallest absolute Gasteiger partial charge is 0.159 e. The maximum Gasteiger partial charge on any atom is 0.159 e. The van der Waals surface area contributed by atoms with E-state index in [0.29, 0.717) is 6.54 Å². The van der Waals surface area contributed by atoms with Crippen molar-refractivity contribution in [1.29, 1.82) is 5.26 Å². The van der Waals surface area contributed by atoms with E-state index in [9.17, 15) is 4.79 Å². The van der Waals surface area contributed by atoms with Gasteiger partial charge in [-0.1, -0.05) is 0 Å². The minimum absolute atomic E-state index is 0.00225. The number of ketones is 1. The zero-order valence-electron chi connectivity index (χ0n) is 10.6. The molecule has 0 saturated heterocycles. The third-order valence-electron chi connectivity index (χ3n) is 2.74. The van der Waals surface area contributed by atoms with E-state index in [1.54, 1.807) is 6.92 Å². The van der Waals surface area contributed by atoms with Gasteiger partial charge in [-0.3, -0.25) is 4.79 Å². The van der Waals surface area contributed by atoms with Crippen molar-refractivity contribution in [1.82, 2.24) is 0 Å². The fourth-order valence-electron chi connectivity index (χ4n) is 1.70. The SMILES string of the molecule is CCN(CC(C)C#N)c1ccc(C(C)=O)cc1. The van der Waals surface area contributed by atoms with E-state index < -0.39 is 0 Å². The summed E-state index contributed by atoms with van der Waals surface area (Å²) < 4.78 is 0. The van der Waals surface area contributed by atoms with Crippen LogP contribution in [0, 0.1) is 17.2 Å². The molecule has 1 rings (SSSR count). The molecule has 90 valence electrons. The topological polar surface area (TPSA) is 44.1 Å². The molecule has 0 aliphatic carbocycles. The van der Waals surface area contributed by atoms with E-state index in [-0.39, 0.29) is 11.7 Å². The number of anilines is 1. The number of Topliss-reactive ketones (excluding diaryl/α,β-unsaturated/α-hetero) is 1. The van der Waals surface area contributed by atoms with Gasteiger partial charge in [-0.15, -0.1) is 0 Å². The molecule has 17 heavy (non-hydrogen) atoms. The summed E-state index contributed by atoms with van der Waals surface area (Å²) in [6.45, 7) is 7.10. The monoisotopic (exact) mass is 230 g/mol. The number of hydrogen-bond acceptors (Lipinski definition) is 3. The second kappa shape index (κ2) is 6.05. The summed E-state index contributed by atoms with van der Waals surface area (Å²) in [5.41, 5.74) is 1.78. The first-order valence-corrected chi connectivity index (χ1v) is 5.84. The average Bonchev–Trinajstić information content (AvgIpc) is 2.35. The summed E-state index contributed by atoms with van der Waals surface area (Å²) in [4.78, 5) is 13.3. The molecule has 0 spiro atoms. The first-order valence-electron chi connectivity index (χ1n) is 5.84. The summed E-state index contributed by atoms with van der Waals surface area (Å²) in [6, 6.07) is 9.76. The number of hydrogen-bond donors (Lipinski definition) is 0.